The van der Waals surface area contributed by atoms with Crippen LogP contribution >= 0.6 is 0 Å². The summed E-state index contributed by atoms with van der Waals surface area (Å²) in [6.45, 7) is 34.8. The van der Waals surface area contributed by atoms with E-state index in [0.29, 0.717) is 0 Å². The molecule has 0 saturated carbocycles. The van der Waals surface area contributed by atoms with Crippen LogP contribution in [0.15, 0.2) is 0 Å². The van der Waals surface area contributed by atoms with E-state index in [1.807, 2.05) is 75.4 Å². The van der Waals surface area contributed by atoms with E-state index in [4.69, 9.17) is 26.6 Å². The van der Waals surface area contributed by atoms with Gasteiger partial charge in [-0.3, -0.25) is 0 Å². The van der Waals surface area contributed by atoms with E-state index in [2.05, 4.69) is 41.5 Å². The van der Waals surface area contributed by atoms with Crippen LogP contribution in [0.3, 0.4) is 0 Å². The molecule has 0 aliphatic heterocycles. The molecular weight excluding hydrogens is 464 g/mol. The van der Waals surface area contributed by atoms with E-state index in [9.17, 15) is 0 Å². The van der Waals surface area contributed by atoms with Crippen LogP contribution in [0, 0.1) is 0 Å². The summed E-state index contributed by atoms with van der Waals surface area (Å²) < 4.78 is 36.3. The largest absolute Gasteiger partial charge is 0.498 e. The van der Waals surface area contributed by atoms with Crippen molar-refractivity contribution in [1.82, 2.24) is 0 Å². The van der Waals surface area contributed by atoms with Gasteiger partial charge in [0.15, 0.2) is 0 Å². The molecule has 3 unspecified atom stereocenters. The summed E-state index contributed by atoms with van der Waals surface area (Å²) in [5.74, 6) is 0. The van der Waals surface area contributed by atoms with Crippen molar-refractivity contribution in [3.05, 3.63) is 0 Å². The molecule has 0 aromatic rings. The molecule has 0 aliphatic carbocycles. The summed E-state index contributed by atoms with van der Waals surface area (Å²) in [5.41, 5.74) is -0.799. The lowest BCUT2D eigenvalue weighted by Gasteiger charge is -2.41. The van der Waals surface area contributed by atoms with Gasteiger partial charge in [0.25, 0.3) is 0 Å². The molecule has 0 amide bonds. The maximum absolute atomic E-state index is 6.07. The Kier molecular flexibility index (Phi) is 15.8. The summed E-state index contributed by atoms with van der Waals surface area (Å²) >= 11 is 0. The Labute approximate surface area is 215 Å². The first-order valence-corrected chi connectivity index (χ1v) is 17.6. The van der Waals surface area contributed by atoms with Crippen LogP contribution in [0.4, 0.5) is 0 Å². The first-order valence-electron chi connectivity index (χ1n) is 13.1. The van der Waals surface area contributed by atoms with Gasteiger partial charge in [-0.2, -0.15) is 0 Å². The van der Waals surface area contributed by atoms with Crippen LogP contribution in [0.25, 0.3) is 0 Å². The molecule has 0 N–H and O–H groups in total. The topological polar surface area (TPSA) is 55.4 Å². The average Bonchev–Trinajstić information content (AvgIpc) is 2.55. The standard InChI is InChI=1S/2C13H30O3Si/c1-11(2,3)14-17(10,15-12(4,5)6)16-13(7,8)9;1-8-11(4)14-17(7,15-12(5)9-2)16-13(6)10-3/h1-10H3;11-13H,8-10H2,1-7H3. The lowest BCUT2D eigenvalue weighted by atomic mass is 10.2. The third-order valence-corrected chi connectivity index (χ3v) is 9.89. The average molecular weight is 525 g/mol. The van der Waals surface area contributed by atoms with Gasteiger partial charge >= 0.3 is 17.6 Å². The Bertz CT molecular complexity index is 465. The molecular formula is C26H60O6Si2. The van der Waals surface area contributed by atoms with Crippen molar-refractivity contribution in [3.63, 3.8) is 0 Å². The number of rotatable bonds is 12. The van der Waals surface area contributed by atoms with Gasteiger partial charge in [-0.25, -0.2) is 0 Å². The predicted molar refractivity (Wildman–Crippen MR) is 148 cm³/mol. The minimum absolute atomic E-state index is 0.194. The molecule has 0 aliphatic rings. The maximum Gasteiger partial charge on any atom is 0.498 e. The second-order valence-corrected chi connectivity index (χ2v) is 17.1. The zero-order valence-corrected chi connectivity index (χ0v) is 27.8. The van der Waals surface area contributed by atoms with Crippen molar-refractivity contribution in [1.29, 1.82) is 0 Å². The Morgan fingerprint density at radius 2 is 0.676 bits per heavy atom. The number of hydrogen-bond donors (Lipinski definition) is 0. The molecule has 208 valence electrons. The zero-order chi connectivity index (χ0) is 27.6. The lowest BCUT2D eigenvalue weighted by molar-refractivity contribution is -0.0708. The van der Waals surface area contributed by atoms with Crippen molar-refractivity contribution in [2.24, 2.45) is 0 Å². The van der Waals surface area contributed by atoms with Gasteiger partial charge in [-0.05, 0) is 102 Å². The number of hydrogen-bond acceptors (Lipinski definition) is 6. The van der Waals surface area contributed by atoms with Crippen LogP contribution in [0.5, 0.6) is 0 Å². The molecule has 0 aromatic carbocycles. The Morgan fingerprint density at radius 1 is 0.471 bits per heavy atom. The summed E-state index contributed by atoms with van der Waals surface area (Å²) in [5, 5.41) is 0. The van der Waals surface area contributed by atoms with E-state index in [1.54, 1.807) is 0 Å². The monoisotopic (exact) mass is 524 g/mol. The molecule has 0 fully saturated rings. The summed E-state index contributed by atoms with van der Waals surface area (Å²) in [4.78, 5) is 0. The molecule has 6 nitrogen and oxygen atoms in total. The Hall–Kier alpha value is 0.194. The highest BCUT2D eigenvalue weighted by molar-refractivity contribution is 6.59. The minimum atomic E-state index is -2.66. The van der Waals surface area contributed by atoms with Crippen molar-refractivity contribution in [2.75, 3.05) is 0 Å². The minimum Gasteiger partial charge on any atom is -0.371 e. The fraction of sp³-hybridized carbons (Fsp3) is 1.00. The van der Waals surface area contributed by atoms with Crippen molar-refractivity contribution < 1.29 is 26.6 Å². The molecule has 0 aromatic heterocycles. The van der Waals surface area contributed by atoms with E-state index in [1.165, 1.54) is 0 Å². The van der Waals surface area contributed by atoms with Crippen LogP contribution in [0.2, 0.25) is 13.1 Å². The SMILES string of the molecule is CC(C)(C)O[Si](C)(OC(C)(C)C)OC(C)(C)C.CCC(C)O[Si](C)(OC(C)CC)OC(C)CC. The molecule has 0 radical (unpaired) electrons. The van der Waals surface area contributed by atoms with Gasteiger partial charge in [0, 0.05) is 31.4 Å². The molecule has 0 saturated heterocycles. The van der Waals surface area contributed by atoms with Gasteiger partial charge in [-0.15, -0.1) is 0 Å². The van der Waals surface area contributed by atoms with Crippen LogP contribution in [0.1, 0.15) is 123 Å². The van der Waals surface area contributed by atoms with Crippen molar-refractivity contribution >= 4 is 17.6 Å². The normalized spacial score (nSPS) is 17.9. The summed E-state index contributed by atoms with van der Waals surface area (Å²) in [6, 6.07) is 0. The first-order chi connectivity index (χ1) is 15.0. The van der Waals surface area contributed by atoms with Gasteiger partial charge < -0.3 is 26.6 Å². The highest BCUT2D eigenvalue weighted by Crippen LogP contribution is 2.28. The van der Waals surface area contributed by atoms with Gasteiger partial charge in [0.1, 0.15) is 0 Å². The predicted octanol–water partition coefficient (Wildman–Crippen LogP) is 8.00. The highest BCUT2D eigenvalue weighted by atomic mass is 28.4. The van der Waals surface area contributed by atoms with Gasteiger partial charge in [0.05, 0.1) is 16.8 Å². The fourth-order valence-electron chi connectivity index (χ4n) is 3.16. The van der Waals surface area contributed by atoms with Gasteiger partial charge in [-0.1, -0.05) is 20.8 Å². The van der Waals surface area contributed by atoms with E-state index < -0.39 is 17.6 Å². The molecule has 3 atom stereocenters. The Morgan fingerprint density at radius 3 is 0.824 bits per heavy atom. The highest BCUT2D eigenvalue weighted by Gasteiger charge is 2.45. The molecule has 0 heterocycles. The van der Waals surface area contributed by atoms with Crippen LogP contribution in [-0.2, 0) is 26.6 Å². The molecule has 8 heteroatoms. The molecule has 0 spiro atoms. The second kappa shape index (κ2) is 14.8. The van der Waals surface area contributed by atoms with Gasteiger partial charge in [0.2, 0.25) is 0 Å². The fourth-order valence-corrected chi connectivity index (χ4v) is 9.48. The first kappa shape index (κ1) is 36.4. The molecule has 0 rings (SSSR count). The quantitative estimate of drug-likeness (QED) is 0.241. The van der Waals surface area contributed by atoms with Crippen molar-refractivity contribution in [3.8, 4) is 0 Å². The van der Waals surface area contributed by atoms with Crippen molar-refractivity contribution in [2.45, 2.75) is 171 Å². The maximum atomic E-state index is 6.07. The summed E-state index contributed by atoms with van der Waals surface area (Å²) in [7, 11) is -5.16. The second-order valence-electron chi connectivity index (χ2n) is 12.4. The van der Waals surface area contributed by atoms with E-state index in [-0.39, 0.29) is 35.1 Å². The lowest BCUT2D eigenvalue weighted by Crippen LogP contribution is -2.54. The molecule has 0 bridgehead atoms. The third kappa shape index (κ3) is 20.4. The van der Waals surface area contributed by atoms with Crippen LogP contribution in [-0.4, -0.2) is 52.7 Å². The molecule has 34 heavy (non-hydrogen) atoms. The van der Waals surface area contributed by atoms with E-state index in [0.717, 1.165) is 19.3 Å². The third-order valence-electron chi connectivity index (χ3n) is 4.45. The zero-order valence-electron chi connectivity index (χ0n) is 25.8. The summed E-state index contributed by atoms with van der Waals surface area (Å²) in [6.07, 6.45) is 3.53. The Balaban J connectivity index is 0. The van der Waals surface area contributed by atoms with Crippen LogP contribution < -0.4 is 0 Å². The smallest absolute Gasteiger partial charge is 0.371 e. The van der Waals surface area contributed by atoms with E-state index >= 15 is 0 Å².